The van der Waals surface area contributed by atoms with Gasteiger partial charge in [-0.2, -0.15) is 4.98 Å². The molecule has 2 atom stereocenters. The molecular weight excluding hydrogens is 280 g/mol. The normalized spacial score (nSPS) is 26.3. The Hall–Kier alpha value is -1.43. The van der Waals surface area contributed by atoms with Crippen LogP contribution in [0.25, 0.3) is 0 Å². The third-order valence-electron chi connectivity index (χ3n) is 3.73. The van der Waals surface area contributed by atoms with Gasteiger partial charge < -0.3 is 5.32 Å². The maximum absolute atomic E-state index is 11.2. The van der Waals surface area contributed by atoms with Crippen LogP contribution in [-0.4, -0.2) is 20.9 Å². The average Bonchev–Trinajstić information content (AvgIpc) is 2.25. The summed E-state index contributed by atoms with van der Waals surface area (Å²) in [5.41, 5.74) is 0.203. The highest BCUT2D eigenvalue weighted by atomic mass is 35.5. The molecule has 20 heavy (non-hydrogen) atoms. The molecule has 0 bridgehead atoms. The number of nitrogens with one attached hydrogen (secondary N) is 1. The Balaban J connectivity index is 2.26. The number of halogens is 1. The number of hydrogen-bond acceptors (Lipinski definition) is 5. The molecule has 1 aromatic rings. The average molecular weight is 299 g/mol. The number of anilines is 1. The first kappa shape index (κ1) is 15.0. The maximum Gasteiger partial charge on any atom is 0.332 e. The summed E-state index contributed by atoms with van der Waals surface area (Å²) < 4.78 is 0. The molecule has 0 aromatic carbocycles. The number of hydrogen-bond donors (Lipinski definition) is 1. The zero-order chi connectivity index (χ0) is 14.9. The SMILES string of the molecule is Cc1nc(Cl)nc(NC2CC(C)CC(C)C2)c1[N+](=O)[O-]. The fourth-order valence-electron chi connectivity index (χ4n) is 3.11. The molecular formula is C13H19ClN4O2. The van der Waals surface area contributed by atoms with Crippen molar-refractivity contribution in [2.75, 3.05) is 5.32 Å². The van der Waals surface area contributed by atoms with Crippen LogP contribution in [0.4, 0.5) is 11.5 Å². The lowest BCUT2D eigenvalue weighted by Crippen LogP contribution is -2.31. The van der Waals surface area contributed by atoms with E-state index in [1.54, 1.807) is 6.92 Å². The standard InChI is InChI=1S/C13H19ClN4O2/c1-7-4-8(2)6-10(5-7)16-12-11(18(19)20)9(3)15-13(14)17-12/h7-8,10H,4-6H2,1-3H3,(H,15,16,17). The summed E-state index contributed by atoms with van der Waals surface area (Å²) in [5.74, 6) is 1.45. The van der Waals surface area contributed by atoms with Gasteiger partial charge in [-0.1, -0.05) is 13.8 Å². The summed E-state index contributed by atoms with van der Waals surface area (Å²) in [4.78, 5) is 18.6. The van der Waals surface area contributed by atoms with Crippen molar-refractivity contribution in [3.8, 4) is 0 Å². The van der Waals surface area contributed by atoms with Crippen LogP contribution in [-0.2, 0) is 0 Å². The van der Waals surface area contributed by atoms with E-state index < -0.39 is 4.92 Å². The lowest BCUT2D eigenvalue weighted by Gasteiger charge is -2.32. The second-order valence-corrected chi connectivity index (χ2v) is 6.13. The molecule has 0 amide bonds. The van der Waals surface area contributed by atoms with Crippen molar-refractivity contribution >= 4 is 23.1 Å². The topological polar surface area (TPSA) is 81.0 Å². The maximum atomic E-state index is 11.2. The van der Waals surface area contributed by atoms with Crippen LogP contribution in [0.5, 0.6) is 0 Å². The van der Waals surface area contributed by atoms with Crippen molar-refractivity contribution in [2.45, 2.75) is 46.1 Å². The molecule has 6 nitrogen and oxygen atoms in total. The van der Waals surface area contributed by atoms with Gasteiger partial charge in [-0.25, -0.2) is 4.98 Å². The number of aromatic nitrogens is 2. The van der Waals surface area contributed by atoms with Gasteiger partial charge in [0.1, 0.15) is 5.69 Å². The van der Waals surface area contributed by atoms with E-state index in [1.807, 2.05) is 0 Å². The summed E-state index contributed by atoms with van der Waals surface area (Å²) in [6.45, 7) is 5.98. The van der Waals surface area contributed by atoms with Crippen molar-refractivity contribution < 1.29 is 4.92 Å². The van der Waals surface area contributed by atoms with E-state index in [1.165, 1.54) is 6.42 Å². The van der Waals surface area contributed by atoms with Crippen LogP contribution in [0.2, 0.25) is 5.28 Å². The Morgan fingerprint density at radius 2 is 1.85 bits per heavy atom. The molecule has 1 N–H and O–H groups in total. The summed E-state index contributed by atoms with van der Waals surface area (Å²) in [6.07, 6.45) is 3.17. The van der Waals surface area contributed by atoms with E-state index in [4.69, 9.17) is 11.6 Å². The third-order valence-corrected chi connectivity index (χ3v) is 3.90. The minimum absolute atomic E-state index is 0.0347. The molecule has 1 aliphatic carbocycles. The van der Waals surface area contributed by atoms with Crippen molar-refractivity contribution in [3.63, 3.8) is 0 Å². The van der Waals surface area contributed by atoms with Crippen molar-refractivity contribution in [1.82, 2.24) is 9.97 Å². The predicted octanol–water partition coefficient (Wildman–Crippen LogP) is 3.58. The second-order valence-electron chi connectivity index (χ2n) is 5.79. The van der Waals surface area contributed by atoms with Crippen molar-refractivity contribution in [1.29, 1.82) is 0 Å². The highest BCUT2D eigenvalue weighted by Crippen LogP contribution is 2.33. The first-order valence-corrected chi connectivity index (χ1v) is 7.19. The van der Waals surface area contributed by atoms with Gasteiger partial charge in [0.25, 0.3) is 0 Å². The van der Waals surface area contributed by atoms with Gasteiger partial charge in [0, 0.05) is 6.04 Å². The quantitative estimate of drug-likeness (QED) is 0.524. The number of rotatable bonds is 3. The molecule has 0 radical (unpaired) electrons. The fourth-order valence-corrected chi connectivity index (χ4v) is 3.32. The van der Waals surface area contributed by atoms with Crippen LogP contribution in [0, 0.1) is 28.9 Å². The lowest BCUT2D eigenvalue weighted by molar-refractivity contribution is -0.385. The van der Waals surface area contributed by atoms with E-state index in [9.17, 15) is 10.1 Å². The van der Waals surface area contributed by atoms with Crippen LogP contribution < -0.4 is 5.32 Å². The Morgan fingerprint density at radius 1 is 1.25 bits per heavy atom. The highest BCUT2D eigenvalue weighted by molar-refractivity contribution is 6.28. The van der Waals surface area contributed by atoms with Gasteiger partial charge in [0.15, 0.2) is 0 Å². The van der Waals surface area contributed by atoms with Crippen LogP contribution in [0.3, 0.4) is 0 Å². The Labute approximate surface area is 123 Å². The molecule has 7 heteroatoms. The van der Waals surface area contributed by atoms with E-state index in [-0.39, 0.29) is 28.5 Å². The molecule has 1 aliphatic rings. The summed E-state index contributed by atoms with van der Waals surface area (Å²) in [5, 5.41) is 14.4. The van der Waals surface area contributed by atoms with Gasteiger partial charge >= 0.3 is 5.69 Å². The van der Waals surface area contributed by atoms with Gasteiger partial charge in [0.2, 0.25) is 11.1 Å². The molecule has 0 spiro atoms. The molecule has 0 saturated heterocycles. The van der Waals surface area contributed by atoms with Crippen LogP contribution in [0.1, 0.15) is 38.8 Å². The Morgan fingerprint density at radius 3 is 2.40 bits per heavy atom. The fraction of sp³-hybridized carbons (Fsp3) is 0.692. The van der Waals surface area contributed by atoms with E-state index in [0.29, 0.717) is 11.8 Å². The molecule has 2 unspecified atom stereocenters. The number of aryl methyl sites for hydroxylation is 1. The molecule has 1 heterocycles. The van der Waals surface area contributed by atoms with Crippen molar-refractivity contribution in [2.24, 2.45) is 11.8 Å². The number of nitrogens with zero attached hydrogens (tertiary/aromatic N) is 3. The minimum Gasteiger partial charge on any atom is -0.361 e. The zero-order valence-electron chi connectivity index (χ0n) is 11.9. The van der Waals surface area contributed by atoms with Gasteiger partial charge in [-0.15, -0.1) is 0 Å². The highest BCUT2D eigenvalue weighted by Gasteiger charge is 2.28. The van der Waals surface area contributed by atoms with E-state index >= 15 is 0 Å². The van der Waals surface area contributed by atoms with Gasteiger partial charge in [-0.05, 0) is 49.6 Å². The number of nitro groups is 1. The largest absolute Gasteiger partial charge is 0.361 e. The first-order chi connectivity index (χ1) is 9.36. The molecule has 0 aliphatic heterocycles. The summed E-state index contributed by atoms with van der Waals surface area (Å²) >= 11 is 5.82. The van der Waals surface area contributed by atoms with Gasteiger partial charge in [0.05, 0.1) is 4.92 Å². The molecule has 1 saturated carbocycles. The zero-order valence-corrected chi connectivity index (χ0v) is 12.6. The smallest absolute Gasteiger partial charge is 0.332 e. The second kappa shape index (κ2) is 5.91. The van der Waals surface area contributed by atoms with Crippen LogP contribution in [0.15, 0.2) is 0 Å². The van der Waals surface area contributed by atoms with E-state index in [0.717, 1.165) is 12.8 Å². The Kier molecular flexibility index (Phi) is 4.42. The van der Waals surface area contributed by atoms with E-state index in [2.05, 4.69) is 29.1 Å². The van der Waals surface area contributed by atoms with Crippen LogP contribution >= 0.6 is 11.6 Å². The monoisotopic (exact) mass is 298 g/mol. The first-order valence-electron chi connectivity index (χ1n) is 6.82. The lowest BCUT2D eigenvalue weighted by atomic mass is 9.80. The van der Waals surface area contributed by atoms with Crippen molar-refractivity contribution in [3.05, 3.63) is 21.1 Å². The molecule has 2 rings (SSSR count). The van der Waals surface area contributed by atoms with Gasteiger partial charge in [-0.3, -0.25) is 10.1 Å². The minimum atomic E-state index is -0.455. The molecule has 1 aromatic heterocycles. The molecule has 110 valence electrons. The third kappa shape index (κ3) is 3.36. The molecule has 1 fully saturated rings. The summed E-state index contributed by atoms with van der Waals surface area (Å²) in [7, 11) is 0. The summed E-state index contributed by atoms with van der Waals surface area (Å²) in [6, 6.07) is 0.192. The Bertz CT molecular complexity index is 513. The predicted molar refractivity (Wildman–Crippen MR) is 78.0 cm³/mol.